The lowest BCUT2D eigenvalue weighted by atomic mass is 10.1. The summed E-state index contributed by atoms with van der Waals surface area (Å²) in [5.74, 6) is -0.215. The van der Waals surface area contributed by atoms with Gasteiger partial charge < -0.3 is 11.1 Å². The Morgan fingerprint density at radius 3 is 2.32 bits per heavy atom. The van der Waals surface area contributed by atoms with Crippen LogP contribution in [-0.4, -0.2) is 10.9 Å². The van der Waals surface area contributed by atoms with Crippen molar-refractivity contribution in [2.45, 2.75) is 0 Å². The first-order chi connectivity index (χ1) is 12.2. The topological polar surface area (TPSA) is 68.0 Å². The quantitative estimate of drug-likeness (QED) is 0.560. The fraction of sp³-hybridized carbons (Fsp3) is 0. The van der Waals surface area contributed by atoms with Crippen molar-refractivity contribution in [1.29, 1.82) is 0 Å². The zero-order valence-electron chi connectivity index (χ0n) is 13.3. The Morgan fingerprint density at radius 2 is 1.60 bits per heavy atom. The number of rotatable bonds is 3. The van der Waals surface area contributed by atoms with E-state index in [0.717, 1.165) is 27.2 Å². The summed E-state index contributed by atoms with van der Waals surface area (Å²) in [4.78, 5) is 18.5. The molecule has 1 amide bonds. The van der Waals surface area contributed by atoms with Crippen molar-refractivity contribution in [3.05, 3.63) is 77.7 Å². The van der Waals surface area contributed by atoms with Crippen LogP contribution in [0.4, 0.5) is 11.4 Å². The highest BCUT2D eigenvalue weighted by molar-refractivity contribution is 7.21. The van der Waals surface area contributed by atoms with Crippen molar-refractivity contribution in [3.8, 4) is 11.3 Å². The Morgan fingerprint density at radius 1 is 0.920 bits per heavy atom. The number of carbonyl (C=O) groups excluding carboxylic acids is 1. The summed E-state index contributed by atoms with van der Waals surface area (Å²) < 4.78 is 0. The van der Waals surface area contributed by atoms with Crippen LogP contribution < -0.4 is 11.1 Å². The molecule has 0 saturated carbocycles. The standard InChI is InChI=1S/C20H15N3OS/c21-17-15-11-12-16(13-7-3-1-4-8-13)23-20(15)25-18(17)19(24)22-14-9-5-2-6-10-14/h1-12H,21H2,(H,22,24). The molecule has 5 heteroatoms. The van der Waals surface area contributed by atoms with Crippen LogP contribution in [-0.2, 0) is 0 Å². The Hall–Kier alpha value is -3.18. The number of hydrogen-bond acceptors (Lipinski definition) is 4. The van der Waals surface area contributed by atoms with Gasteiger partial charge in [-0.25, -0.2) is 4.98 Å². The maximum atomic E-state index is 12.6. The van der Waals surface area contributed by atoms with Crippen molar-refractivity contribution in [2.24, 2.45) is 0 Å². The van der Waals surface area contributed by atoms with Gasteiger partial charge in [-0.05, 0) is 24.3 Å². The monoisotopic (exact) mass is 345 g/mol. The number of anilines is 2. The zero-order valence-corrected chi connectivity index (χ0v) is 14.1. The first-order valence-corrected chi connectivity index (χ1v) is 8.65. The van der Waals surface area contributed by atoms with Crippen molar-refractivity contribution < 1.29 is 4.79 Å². The summed E-state index contributed by atoms with van der Waals surface area (Å²) in [6, 6.07) is 23.1. The second-order valence-corrected chi connectivity index (χ2v) is 6.58. The van der Waals surface area contributed by atoms with E-state index in [-0.39, 0.29) is 5.91 Å². The molecule has 0 unspecified atom stereocenters. The lowest BCUT2D eigenvalue weighted by molar-refractivity contribution is 0.103. The van der Waals surface area contributed by atoms with Crippen LogP contribution in [0.3, 0.4) is 0 Å². The Bertz CT molecular complexity index is 1040. The number of carbonyl (C=O) groups is 1. The molecule has 0 spiro atoms. The first-order valence-electron chi connectivity index (χ1n) is 7.83. The Labute approximate surface area is 149 Å². The van der Waals surface area contributed by atoms with Gasteiger partial charge in [-0.1, -0.05) is 48.5 Å². The largest absolute Gasteiger partial charge is 0.397 e. The minimum absolute atomic E-state index is 0.215. The third-order valence-corrected chi connectivity index (χ3v) is 5.02. The third kappa shape index (κ3) is 2.97. The van der Waals surface area contributed by atoms with E-state index >= 15 is 0 Å². The molecule has 2 aromatic carbocycles. The number of pyridine rings is 1. The van der Waals surface area contributed by atoms with Gasteiger partial charge in [-0.2, -0.15) is 0 Å². The molecule has 25 heavy (non-hydrogen) atoms. The second-order valence-electron chi connectivity index (χ2n) is 5.58. The number of thiophene rings is 1. The number of aromatic nitrogens is 1. The van der Waals surface area contributed by atoms with E-state index in [4.69, 9.17) is 5.73 Å². The van der Waals surface area contributed by atoms with Crippen molar-refractivity contribution in [1.82, 2.24) is 4.98 Å². The predicted molar refractivity (Wildman–Crippen MR) is 104 cm³/mol. The highest BCUT2D eigenvalue weighted by Gasteiger charge is 2.18. The van der Waals surface area contributed by atoms with Crippen LogP contribution in [0.1, 0.15) is 9.67 Å². The molecule has 0 aliphatic heterocycles. The molecule has 4 aromatic rings. The zero-order chi connectivity index (χ0) is 17.2. The maximum Gasteiger partial charge on any atom is 0.267 e. The minimum Gasteiger partial charge on any atom is -0.397 e. The number of amides is 1. The SMILES string of the molecule is Nc1c(C(=O)Nc2ccccc2)sc2nc(-c3ccccc3)ccc12. The van der Waals surface area contributed by atoms with Gasteiger partial charge in [0.15, 0.2) is 0 Å². The molecule has 2 aromatic heterocycles. The van der Waals surface area contributed by atoms with E-state index in [9.17, 15) is 4.79 Å². The molecule has 0 radical (unpaired) electrons. The number of hydrogen-bond donors (Lipinski definition) is 2. The van der Waals surface area contributed by atoms with Crippen LogP contribution in [0.5, 0.6) is 0 Å². The number of nitrogen functional groups attached to an aromatic ring is 1. The summed E-state index contributed by atoms with van der Waals surface area (Å²) >= 11 is 1.31. The highest BCUT2D eigenvalue weighted by Crippen LogP contribution is 2.34. The van der Waals surface area contributed by atoms with E-state index in [2.05, 4.69) is 10.3 Å². The van der Waals surface area contributed by atoms with E-state index in [1.165, 1.54) is 11.3 Å². The third-order valence-electron chi connectivity index (χ3n) is 3.90. The number of para-hydroxylation sites is 1. The molecule has 0 fully saturated rings. The number of nitrogens with zero attached hydrogens (tertiary/aromatic N) is 1. The van der Waals surface area contributed by atoms with E-state index in [1.54, 1.807) is 0 Å². The normalized spacial score (nSPS) is 10.7. The van der Waals surface area contributed by atoms with Gasteiger partial charge in [0.25, 0.3) is 5.91 Å². The number of benzene rings is 2. The molecule has 0 atom stereocenters. The van der Waals surface area contributed by atoms with Gasteiger partial charge in [0.2, 0.25) is 0 Å². The lowest BCUT2D eigenvalue weighted by Crippen LogP contribution is -2.11. The second kappa shape index (κ2) is 6.37. The van der Waals surface area contributed by atoms with Gasteiger partial charge in [-0.15, -0.1) is 11.3 Å². The first kappa shape index (κ1) is 15.4. The molecule has 0 aliphatic rings. The minimum atomic E-state index is -0.215. The van der Waals surface area contributed by atoms with E-state index in [0.29, 0.717) is 10.6 Å². The molecule has 4 rings (SSSR count). The molecule has 2 heterocycles. The van der Waals surface area contributed by atoms with E-state index < -0.39 is 0 Å². The fourth-order valence-corrected chi connectivity index (χ4v) is 3.63. The summed E-state index contributed by atoms with van der Waals surface area (Å²) in [5, 5.41) is 3.68. The average Bonchev–Trinajstić information content (AvgIpc) is 2.99. The molecule has 3 N–H and O–H groups in total. The molecule has 0 aliphatic carbocycles. The lowest BCUT2D eigenvalue weighted by Gasteiger charge is -2.03. The number of fused-ring (bicyclic) bond motifs is 1. The van der Waals surface area contributed by atoms with Crippen LogP contribution in [0, 0.1) is 0 Å². The molecular weight excluding hydrogens is 330 g/mol. The number of nitrogens with two attached hydrogens (primary N) is 1. The van der Waals surface area contributed by atoms with E-state index in [1.807, 2.05) is 72.8 Å². The molecular formula is C20H15N3OS. The molecule has 122 valence electrons. The Balaban J connectivity index is 1.71. The van der Waals surface area contributed by atoms with Crippen molar-refractivity contribution >= 4 is 38.8 Å². The Kier molecular flexibility index (Phi) is 3.91. The summed E-state index contributed by atoms with van der Waals surface area (Å²) in [7, 11) is 0. The fourth-order valence-electron chi connectivity index (χ4n) is 2.64. The van der Waals surface area contributed by atoms with Crippen molar-refractivity contribution in [2.75, 3.05) is 11.1 Å². The van der Waals surface area contributed by atoms with Crippen molar-refractivity contribution in [3.63, 3.8) is 0 Å². The van der Waals surface area contributed by atoms with Gasteiger partial charge in [0, 0.05) is 16.6 Å². The summed E-state index contributed by atoms with van der Waals surface area (Å²) in [5.41, 5.74) is 9.30. The van der Waals surface area contributed by atoms with Crippen LogP contribution in [0.25, 0.3) is 21.5 Å². The maximum absolute atomic E-state index is 12.6. The average molecular weight is 345 g/mol. The molecule has 0 saturated heterocycles. The predicted octanol–water partition coefficient (Wildman–Crippen LogP) is 4.80. The summed E-state index contributed by atoms with van der Waals surface area (Å²) in [6.07, 6.45) is 0. The molecule has 4 nitrogen and oxygen atoms in total. The van der Waals surface area contributed by atoms with Gasteiger partial charge in [0.05, 0.1) is 11.4 Å². The van der Waals surface area contributed by atoms with Crippen LogP contribution in [0.15, 0.2) is 72.8 Å². The van der Waals surface area contributed by atoms with Crippen LogP contribution in [0.2, 0.25) is 0 Å². The smallest absolute Gasteiger partial charge is 0.267 e. The summed E-state index contributed by atoms with van der Waals surface area (Å²) in [6.45, 7) is 0. The number of nitrogens with one attached hydrogen (secondary N) is 1. The van der Waals surface area contributed by atoms with Gasteiger partial charge in [0.1, 0.15) is 9.71 Å². The van der Waals surface area contributed by atoms with Gasteiger partial charge in [-0.3, -0.25) is 4.79 Å². The van der Waals surface area contributed by atoms with Gasteiger partial charge >= 0.3 is 0 Å². The highest BCUT2D eigenvalue weighted by atomic mass is 32.1. The van der Waals surface area contributed by atoms with Crippen LogP contribution >= 0.6 is 11.3 Å². The molecule has 0 bridgehead atoms.